The molecule has 1 fully saturated rings. The normalized spacial score (nSPS) is 27.4. The van der Waals surface area contributed by atoms with Gasteiger partial charge >= 0.3 is 0 Å². The largest absolute Gasteiger partial charge is 0.493 e. The lowest BCUT2D eigenvalue weighted by molar-refractivity contribution is 0.103. The van der Waals surface area contributed by atoms with Gasteiger partial charge in [0.2, 0.25) is 0 Å². The smallest absolute Gasteiger partial charge is 0.193 e. The van der Waals surface area contributed by atoms with E-state index in [1.165, 1.54) is 12.8 Å². The molecule has 0 N–H and O–H groups in total. The van der Waals surface area contributed by atoms with Crippen molar-refractivity contribution in [2.24, 2.45) is 17.3 Å². The van der Waals surface area contributed by atoms with Crippen molar-refractivity contribution in [1.29, 1.82) is 0 Å². The van der Waals surface area contributed by atoms with Gasteiger partial charge in [0.15, 0.2) is 5.78 Å². The van der Waals surface area contributed by atoms with Crippen molar-refractivity contribution in [3.63, 3.8) is 0 Å². The fourth-order valence-corrected chi connectivity index (χ4v) is 4.07. The molecule has 2 aliphatic rings. The molecule has 2 bridgehead atoms. The van der Waals surface area contributed by atoms with Gasteiger partial charge in [-0.1, -0.05) is 49.4 Å². The maximum absolute atomic E-state index is 12.4. The minimum atomic E-state index is 0.0485. The zero-order valence-corrected chi connectivity index (χ0v) is 13.9. The molecule has 0 heterocycles. The predicted molar refractivity (Wildman–Crippen MR) is 95.3 cm³/mol. The van der Waals surface area contributed by atoms with Gasteiger partial charge < -0.3 is 4.74 Å². The fraction of sp³-hybridized carbons (Fsp3) is 0.318. The zero-order valence-electron chi connectivity index (χ0n) is 13.9. The van der Waals surface area contributed by atoms with E-state index in [0.29, 0.717) is 17.0 Å². The Hall–Kier alpha value is -2.35. The van der Waals surface area contributed by atoms with Crippen LogP contribution in [0.5, 0.6) is 5.75 Å². The van der Waals surface area contributed by atoms with Crippen LogP contribution in [0.15, 0.2) is 66.7 Å². The van der Waals surface area contributed by atoms with Crippen LogP contribution in [-0.2, 0) is 0 Å². The van der Waals surface area contributed by atoms with Gasteiger partial charge in [-0.15, -0.1) is 0 Å². The van der Waals surface area contributed by atoms with Gasteiger partial charge in [-0.25, -0.2) is 0 Å². The number of carbonyl (C=O) groups is 1. The molecule has 2 aliphatic carbocycles. The van der Waals surface area contributed by atoms with Crippen LogP contribution in [0.25, 0.3) is 0 Å². The molecule has 24 heavy (non-hydrogen) atoms. The zero-order chi connectivity index (χ0) is 16.6. The van der Waals surface area contributed by atoms with Gasteiger partial charge in [-0.05, 0) is 48.9 Å². The Morgan fingerprint density at radius 3 is 2.38 bits per heavy atom. The summed E-state index contributed by atoms with van der Waals surface area (Å²) < 4.78 is 6.04. The number of benzene rings is 2. The highest BCUT2D eigenvalue weighted by atomic mass is 16.5. The molecule has 3 atom stereocenters. The summed E-state index contributed by atoms with van der Waals surface area (Å²) in [7, 11) is 0. The van der Waals surface area contributed by atoms with Gasteiger partial charge in [-0.2, -0.15) is 0 Å². The first kappa shape index (κ1) is 15.2. The van der Waals surface area contributed by atoms with Gasteiger partial charge in [0.25, 0.3) is 0 Å². The molecule has 0 saturated heterocycles. The Morgan fingerprint density at radius 2 is 1.75 bits per heavy atom. The molecule has 1 saturated carbocycles. The van der Waals surface area contributed by atoms with Crippen LogP contribution in [0.1, 0.15) is 35.7 Å². The minimum absolute atomic E-state index is 0.0485. The third kappa shape index (κ3) is 2.77. The Morgan fingerprint density at radius 1 is 1.04 bits per heavy atom. The minimum Gasteiger partial charge on any atom is -0.493 e. The van der Waals surface area contributed by atoms with Gasteiger partial charge in [0.05, 0.1) is 6.61 Å². The van der Waals surface area contributed by atoms with E-state index >= 15 is 0 Å². The van der Waals surface area contributed by atoms with Crippen LogP contribution in [-0.4, -0.2) is 12.4 Å². The Labute approximate surface area is 143 Å². The lowest BCUT2D eigenvalue weighted by atomic mass is 9.78. The average molecular weight is 318 g/mol. The summed E-state index contributed by atoms with van der Waals surface area (Å²) in [5, 5.41) is 0. The molecule has 4 rings (SSSR count). The number of ether oxygens (including phenoxy) is 1. The Kier molecular flexibility index (Phi) is 3.76. The number of allylic oxidation sites excluding steroid dienone is 2. The molecule has 2 aromatic rings. The summed E-state index contributed by atoms with van der Waals surface area (Å²) in [6.45, 7) is 3.07. The Bertz CT molecular complexity index is 760. The topological polar surface area (TPSA) is 26.3 Å². The first-order valence-electron chi connectivity index (χ1n) is 8.65. The molecule has 2 aromatic carbocycles. The van der Waals surface area contributed by atoms with Crippen molar-refractivity contribution in [3.05, 3.63) is 77.9 Å². The summed E-state index contributed by atoms with van der Waals surface area (Å²) in [6, 6.07) is 16.9. The second kappa shape index (κ2) is 5.94. The maximum atomic E-state index is 12.4. The molecule has 0 amide bonds. The van der Waals surface area contributed by atoms with Crippen LogP contribution in [0.2, 0.25) is 0 Å². The number of ketones is 1. The van der Waals surface area contributed by atoms with Crippen LogP contribution >= 0.6 is 0 Å². The second-order valence-corrected chi connectivity index (χ2v) is 7.35. The van der Waals surface area contributed by atoms with Crippen LogP contribution in [0.4, 0.5) is 0 Å². The average Bonchev–Trinajstić information content (AvgIpc) is 3.21. The molecule has 3 unspecified atom stereocenters. The SMILES string of the molecule is CC1(COc2ccc(C(=O)c3ccccc3)cc2)CC2C=CC1C2. The molecule has 0 spiro atoms. The van der Waals surface area contributed by atoms with E-state index in [-0.39, 0.29) is 11.2 Å². The molecule has 0 radical (unpaired) electrons. The van der Waals surface area contributed by atoms with Gasteiger partial charge in [0, 0.05) is 16.5 Å². The standard InChI is InChI=1S/C22H22O2/c1-22(14-16-7-10-19(22)13-16)15-24-20-11-8-18(9-12-20)21(23)17-5-3-2-4-6-17/h2-12,16,19H,13-15H2,1H3. The summed E-state index contributed by atoms with van der Waals surface area (Å²) in [5.74, 6) is 2.29. The summed E-state index contributed by atoms with van der Waals surface area (Å²) in [5.41, 5.74) is 1.66. The number of hydrogen-bond donors (Lipinski definition) is 0. The molecule has 0 aliphatic heterocycles. The van der Waals surface area contributed by atoms with Crippen LogP contribution in [0.3, 0.4) is 0 Å². The Balaban J connectivity index is 1.41. The molecule has 2 nitrogen and oxygen atoms in total. The van der Waals surface area contributed by atoms with Crippen LogP contribution in [0, 0.1) is 17.3 Å². The van der Waals surface area contributed by atoms with E-state index in [0.717, 1.165) is 18.3 Å². The monoisotopic (exact) mass is 318 g/mol. The summed E-state index contributed by atoms with van der Waals surface area (Å²) in [6.07, 6.45) is 7.22. The quantitative estimate of drug-likeness (QED) is 0.579. The van der Waals surface area contributed by atoms with Gasteiger partial charge in [-0.3, -0.25) is 4.79 Å². The number of hydrogen-bond acceptors (Lipinski definition) is 2. The second-order valence-electron chi connectivity index (χ2n) is 7.35. The lowest BCUT2D eigenvalue weighted by Gasteiger charge is -2.31. The van der Waals surface area contributed by atoms with Crippen molar-refractivity contribution >= 4 is 5.78 Å². The molecular weight excluding hydrogens is 296 g/mol. The van der Waals surface area contributed by atoms with Crippen molar-refractivity contribution in [3.8, 4) is 5.75 Å². The van der Waals surface area contributed by atoms with E-state index in [1.807, 2.05) is 54.6 Å². The fourth-order valence-electron chi connectivity index (χ4n) is 4.07. The number of carbonyl (C=O) groups excluding carboxylic acids is 1. The summed E-state index contributed by atoms with van der Waals surface area (Å²) in [4.78, 5) is 12.4. The highest BCUT2D eigenvalue weighted by Crippen LogP contribution is 2.51. The number of fused-ring (bicyclic) bond motifs is 2. The van der Waals surface area contributed by atoms with Crippen molar-refractivity contribution < 1.29 is 9.53 Å². The van der Waals surface area contributed by atoms with Crippen molar-refractivity contribution in [1.82, 2.24) is 0 Å². The summed E-state index contributed by atoms with van der Waals surface area (Å²) >= 11 is 0. The number of rotatable bonds is 5. The van der Waals surface area contributed by atoms with Crippen molar-refractivity contribution in [2.75, 3.05) is 6.61 Å². The van der Waals surface area contributed by atoms with Gasteiger partial charge in [0.1, 0.15) is 5.75 Å². The first-order valence-corrected chi connectivity index (χ1v) is 8.65. The molecule has 2 heteroatoms. The van der Waals surface area contributed by atoms with E-state index in [1.54, 1.807) is 0 Å². The van der Waals surface area contributed by atoms with Crippen LogP contribution < -0.4 is 4.74 Å². The third-order valence-electron chi connectivity index (χ3n) is 5.52. The third-order valence-corrected chi connectivity index (χ3v) is 5.52. The van der Waals surface area contributed by atoms with E-state index in [4.69, 9.17) is 4.74 Å². The first-order chi connectivity index (χ1) is 11.6. The van der Waals surface area contributed by atoms with E-state index in [2.05, 4.69) is 19.1 Å². The van der Waals surface area contributed by atoms with E-state index < -0.39 is 0 Å². The predicted octanol–water partition coefficient (Wildman–Crippen LogP) is 4.90. The highest BCUT2D eigenvalue weighted by Gasteiger charge is 2.45. The molecular formula is C22H22O2. The molecule has 122 valence electrons. The molecule has 0 aromatic heterocycles. The highest BCUT2D eigenvalue weighted by molar-refractivity contribution is 6.08. The van der Waals surface area contributed by atoms with Crippen molar-refractivity contribution in [2.45, 2.75) is 19.8 Å². The van der Waals surface area contributed by atoms with E-state index in [9.17, 15) is 4.79 Å². The maximum Gasteiger partial charge on any atom is 0.193 e. The lowest BCUT2D eigenvalue weighted by Crippen LogP contribution is -2.29.